The molecule has 0 radical (unpaired) electrons. The molecule has 1 aliphatic heterocycles. The fourth-order valence-electron chi connectivity index (χ4n) is 3.95. The summed E-state index contributed by atoms with van der Waals surface area (Å²) in [6, 6.07) is 0.399. The zero-order chi connectivity index (χ0) is 15.5. The van der Waals surface area contributed by atoms with Crippen molar-refractivity contribution in [3.05, 3.63) is 16.1 Å². The number of thiazole rings is 1. The van der Waals surface area contributed by atoms with E-state index < -0.39 is 0 Å². The van der Waals surface area contributed by atoms with E-state index in [4.69, 9.17) is 9.47 Å². The Morgan fingerprint density at radius 1 is 1.41 bits per heavy atom. The fourth-order valence-corrected chi connectivity index (χ4v) is 4.70. The Kier molecular flexibility index (Phi) is 5.10. The standard InChI is InChI=1S/C16H24N2O3S/c1-20-9-15-17-12(10-22-15)8-18-13-6-4-3-5-11(13)7-14(18)16(19)21-2/h10-11,13-14H,3-9H2,1-2H3. The lowest BCUT2D eigenvalue weighted by molar-refractivity contribution is -0.146. The summed E-state index contributed by atoms with van der Waals surface area (Å²) in [4.78, 5) is 19.1. The first-order valence-electron chi connectivity index (χ1n) is 7.98. The number of likely N-dealkylation sites (tertiary alicyclic amines) is 1. The minimum absolute atomic E-state index is 0.0956. The highest BCUT2D eigenvalue weighted by atomic mass is 32.1. The molecule has 0 N–H and O–H groups in total. The van der Waals surface area contributed by atoms with Crippen molar-refractivity contribution < 1.29 is 14.3 Å². The molecule has 1 aromatic rings. The molecule has 122 valence electrons. The van der Waals surface area contributed by atoms with E-state index in [9.17, 15) is 4.79 Å². The van der Waals surface area contributed by atoms with Gasteiger partial charge in [0.05, 0.1) is 19.4 Å². The average Bonchev–Trinajstić information content (AvgIpc) is 3.13. The Morgan fingerprint density at radius 3 is 3.00 bits per heavy atom. The Balaban J connectivity index is 1.75. The van der Waals surface area contributed by atoms with Crippen LogP contribution in [0.4, 0.5) is 0 Å². The van der Waals surface area contributed by atoms with E-state index in [-0.39, 0.29) is 12.0 Å². The molecule has 0 aromatic carbocycles. The van der Waals surface area contributed by atoms with Crippen LogP contribution in [0.1, 0.15) is 42.8 Å². The van der Waals surface area contributed by atoms with Crippen molar-refractivity contribution in [2.75, 3.05) is 14.2 Å². The summed E-state index contributed by atoms with van der Waals surface area (Å²) >= 11 is 1.62. The van der Waals surface area contributed by atoms with Gasteiger partial charge in [0.1, 0.15) is 11.0 Å². The molecule has 1 saturated heterocycles. The molecule has 0 spiro atoms. The first kappa shape index (κ1) is 15.9. The highest BCUT2D eigenvalue weighted by Gasteiger charge is 2.45. The SMILES string of the molecule is COCc1nc(CN2C(C(=O)OC)CC3CCCCC32)cs1. The van der Waals surface area contributed by atoms with Crippen LogP contribution in [-0.2, 0) is 27.4 Å². The number of fused-ring (bicyclic) bond motifs is 1. The summed E-state index contributed by atoms with van der Waals surface area (Å²) in [5, 5.41) is 3.07. The molecule has 1 saturated carbocycles. The van der Waals surface area contributed by atoms with Crippen LogP contribution >= 0.6 is 11.3 Å². The van der Waals surface area contributed by atoms with Gasteiger partial charge in [-0.1, -0.05) is 12.8 Å². The summed E-state index contributed by atoms with van der Waals surface area (Å²) in [5.74, 6) is 0.539. The summed E-state index contributed by atoms with van der Waals surface area (Å²) < 4.78 is 10.2. The molecule has 3 unspecified atom stereocenters. The lowest BCUT2D eigenvalue weighted by Gasteiger charge is -2.32. The predicted molar refractivity (Wildman–Crippen MR) is 84.5 cm³/mol. The molecule has 2 heterocycles. The van der Waals surface area contributed by atoms with Gasteiger partial charge in [0.15, 0.2) is 0 Å². The Bertz CT molecular complexity index is 519. The monoisotopic (exact) mass is 324 g/mol. The second-order valence-electron chi connectivity index (χ2n) is 6.22. The predicted octanol–water partition coefficient (Wildman–Crippen LogP) is 2.60. The lowest BCUT2D eigenvalue weighted by Crippen LogP contribution is -2.42. The van der Waals surface area contributed by atoms with E-state index in [1.165, 1.54) is 32.8 Å². The first-order chi connectivity index (χ1) is 10.7. The molecule has 5 nitrogen and oxygen atoms in total. The van der Waals surface area contributed by atoms with Crippen LogP contribution in [0.25, 0.3) is 0 Å². The molecule has 1 aliphatic carbocycles. The van der Waals surface area contributed by atoms with Gasteiger partial charge in [-0.2, -0.15) is 0 Å². The summed E-state index contributed by atoms with van der Waals surface area (Å²) in [7, 11) is 3.17. The second kappa shape index (κ2) is 7.06. The minimum atomic E-state index is -0.106. The van der Waals surface area contributed by atoms with E-state index in [2.05, 4.69) is 15.3 Å². The largest absolute Gasteiger partial charge is 0.468 e. The van der Waals surface area contributed by atoms with Crippen LogP contribution in [0.5, 0.6) is 0 Å². The average molecular weight is 324 g/mol. The third kappa shape index (κ3) is 3.19. The van der Waals surface area contributed by atoms with Crippen molar-refractivity contribution in [3.63, 3.8) is 0 Å². The quantitative estimate of drug-likeness (QED) is 0.779. The van der Waals surface area contributed by atoms with Crippen LogP contribution in [0, 0.1) is 5.92 Å². The van der Waals surface area contributed by atoms with E-state index in [0.29, 0.717) is 18.6 Å². The highest BCUT2D eigenvalue weighted by Crippen LogP contribution is 2.40. The third-order valence-electron chi connectivity index (χ3n) is 4.91. The molecular formula is C16H24N2O3S. The smallest absolute Gasteiger partial charge is 0.323 e. The van der Waals surface area contributed by atoms with Crippen molar-refractivity contribution in [2.45, 2.75) is 57.3 Å². The normalized spacial score (nSPS) is 28.5. The van der Waals surface area contributed by atoms with Crippen molar-refractivity contribution in [2.24, 2.45) is 5.92 Å². The maximum Gasteiger partial charge on any atom is 0.323 e. The Labute approximate surface area is 135 Å². The fraction of sp³-hybridized carbons (Fsp3) is 0.750. The van der Waals surface area contributed by atoms with E-state index in [0.717, 1.165) is 23.7 Å². The molecule has 0 bridgehead atoms. The second-order valence-corrected chi connectivity index (χ2v) is 7.17. The molecule has 6 heteroatoms. The van der Waals surface area contributed by atoms with Crippen molar-refractivity contribution in [3.8, 4) is 0 Å². The number of methoxy groups -OCH3 is 2. The number of aromatic nitrogens is 1. The summed E-state index contributed by atoms with van der Waals surface area (Å²) in [6.07, 6.45) is 5.91. The highest BCUT2D eigenvalue weighted by molar-refractivity contribution is 7.09. The zero-order valence-corrected chi connectivity index (χ0v) is 14.1. The molecule has 2 fully saturated rings. The van der Waals surface area contributed by atoms with E-state index in [1.54, 1.807) is 18.4 Å². The van der Waals surface area contributed by atoms with Crippen LogP contribution in [0.2, 0.25) is 0 Å². The number of esters is 1. The van der Waals surface area contributed by atoms with Gasteiger partial charge < -0.3 is 9.47 Å². The number of nitrogens with zero attached hydrogens (tertiary/aromatic N) is 2. The third-order valence-corrected chi connectivity index (χ3v) is 5.78. The number of rotatable bonds is 5. The summed E-state index contributed by atoms with van der Waals surface area (Å²) in [6.45, 7) is 1.29. The van der Waals surface area contributed by atoms with Gasteiger partial charge in [0.25, 0.3) is 0 Å². The maximum absolute atomic E-state index is 12.2. The van der Waals surface area contributed by atoms with Gasteiger partial charge in [-0.15, -0.1) is 11.3 Å². The maximum atomic E-state index is 12.2. The molecule has 3 atom stereocenters. The van der Waals surface area contributed by atoms with Gasteiger partial charge in [-0.25, -0.2) is 4.98 Å². The first-order valence-corrected chi connectivity index (χ1v) is 8.86. The number of hydrogen-bond donors (Lipinski definition) is 0. The van der Waals surface area contributed by atoms with Crippen LogP contribution in [0.15, 0.2) is 5.38 Å². The number of carbonyl (C=O) groups is 1. The topological polar surface area (TPSA) is 51.7 Å². The van der Waals surface area contributed by atoms with E-state index >= 15 is 0 Å². The molecular weight excluding hydrogens is 300 g/mol. The Hall–Kier alpha value is -0.980. The van der Waals surface area contributed by atoms with E-state index in [1.807, 2.05) is 0 Å². The van der Waals surface area contributed by atoms with Gasteiger partial charge in [0, 0.05) is 25.1 Å². The van der Waals surface area contributed by atoms with Gasteiger partial charge in [-0.05, 0) is 25.2 Å². The van der Waals surface area contributed by atoms with Crippen LogP contribution in [-0.4, -0.2) is 42.2 Å². The zero-order valence-electron chi connectivity index (χ0n) is 13.3. The van der Waals surface area contributed by atoms with Gasteiger partial charge >= 0.3 is 5.97 Å². The van der Waals surface area contributed by atoms with Crippen molar-refractivity contribution in [1.29, 1.82) is 0 Å². The number of carbonyl (C=O) groups excluding carboxylic acids is 1. The van der Waals surface area contributed by atoms with Crippen LogP contribution in [0.3, 0.4) is 0 Å². The molecule has 1 aromatic heterocycles. The number of hydrogen-bond acceptors (Lipinski definition) is 6. The minimum Gasteiger partial charge on any atom is -0.468 e. The molecule has 22 heavy (non-hydrogen) atoms. The number of ether oxygens (including phenoxy) is 2. The van der Waals surface area contributed by atoms with Gasteiger partial charge in [-0.3, -0.25) is 9.69 Å². The molecule has 0 amide bonds. The lowest BCUT2D eigenvalue weighted by atomic mass is 9.85. The van der Waals surface area contributed by atoms with Crippen molar-refractivity contribution >= 4 is 17.3 Å². The van der Waals surface area contributed by atoms with Gasteiger partial charge in [0.2, 0.25) is 0 Å². The molecule has 2 aliphatic rings. The summed E-state index contributed by atoms with van der Waals surface area (Å²) in [5.41, 5.74) is 1.04. The van der Waals surface area contributed by atoms with Crippen LogP contribution < -0.4 is 0 Å². The van der Waals surface area contributed by atoms with Crippen molar-refractivity contribution in [1.82, 2.24) is 9.88 Å². The molecule has 3 rings (SSSR count). The Morgan fingerprint density at radius 2 is 2.23 bits per heavy atom.